The van der Waals surface area contributed by atoms with E-state index < -0.39 is 0 Å². The number of ether oxygens (including phenoxy) is 1. The van der Waals surface area contributed by atoms with Crippen molar-refractivity contribution < 1.29 is 4.74 Å². The number of halogens is 1. The van der Waals surface area contributed by atoms with E-state index in [1.807, 2.05) is 0 Å². The predicted octanol–water partition coefficient (Wildman–Crippen LogP) is 5.30. The van der Waals surface area contributed by atoms with E-state index in [-0.39, 0.29) is 0 Å². The summed E-state index contributed by atoms with van der Waals surface area (Å²) < 4.78 is 7.44. The molecule has 1 aromatic carbocycles. The van der Waals surface area contributed by atoms with E-state index in [1.54, 1.807) is 0 Å². The fourth-order valence-corrected chi connectivity index (χ4v) is 3.24. The van der Waals surface area contributed by atoms with Crippen molar-refractivity contribution in [2.24, 2.45) is 5.92 Å². The molecular weight excluding hydrogens is 326 g/mol. The van der Waals surface area contributed by atoms with Crippen LogP contribution >= 0.6 is 15.9 Å². The lowest BCUT2D eigenvalue weighted by atomic mass is 10.1. The van der Waals surface area contributed by atoms with Crippen molar-refractivity contribution in [2.45, 2.75) is 65.0 Å². The summed E-state index contributed by atoms with van der Waals surface area (Å²) in [4.78, 5) is 0. The van der Waals surface area contributed by atoms with E-state index in [2.05, 4.69) is 53.3 Å². The second-order valence-corrected chi connectivity index (χ2v) is 7.42. The average molecular weight is 354 g/mol. The van der Waals surface area contributed by atoms with Gasteiger partial charge in [0.15, 0.2) is 0 Å². The van der Waals surface area contributed by atoms with Crippen LogP contribution in [0.2, 0.25) is 0 Å². The van der Waals surface area contributed by atoms with Crippen molar-refractivity contribution in [3.63, 3.8) is 0 Å². The van der Waals surface area contributed by atoms with Gasteiger partial charge >= 0.3 is 0 Å². The fraction of sp³-hybridized carbons (Fsp3) is 0.667. The number of rotatable bonds is 6. The average Bonchev–Trinajstić information content (AvgIpc) is 2.70. The maximum atomic E-state index is 6.32. The van der Waals surface area contributed by atoms with Crippen LogP contribution in [0.1, 0.15) is 57.9 Å². The minimum atomic E-state index is 0.400. The van der Waals surface area contributed by atoms with Gasteiger partial charge in [0.05, 0.1) is 6.10 Å². The van der Waals surface area contributed by atoms with Crippen LogP contribution in [-0.4, -0.2) is 12.6 Å². The van der Waals surface area contributed by atoms with Gasteiger partial charge in [-0.3, -0.25) is 0 Å². The highest BCUT2D eigenvalue weighted by atomic mass is 79.9. The molecular formula is C18H28BrNO. The monoisotopic (exact) mass is 353 g/mol. The summed E-state index contributed by atoms with van der Waals surface area (Å²) in [7, 11) is 0. The van der Waals surface area contributed by atoms with Crippen LogP contribution in [0.25, 0.3) is 0 Å². The first-order chi connectivity index (χ1) is 10.1. The number of hydrogen-bond donors (Lipinski definition) is 1. The van der Waals surface area contributed by atoms with Crippen LogP contribution in [0, 0.1) is 5.92 Å². The van der Waals surface area contributed by atoms with Crippen LogP contribution < -0.4 is 10.1 Å². The highest BCUT2D eigenvalue weighted by Crippen LogP contribution is 2.28. The molecule has 1 N–H and O–H groups in total. The Morgan fingerprint density at radius 2 is 1.90 bits per heavy atom. The van der Waals surface area contributed by atoms with Crippen LogP contribution in [0.3, 0.4) is 0 Å². The van der Waals surface area contributed by atoms with Crippen molar-refractivity contribution in [2.75, 3.05) is 6.54 Å². The van der Waals surface area contributed by atoms with E-state index in [0.717, 1.165) is 23.3 Å². The first-order valence-electron chi connectivity index (χ1n) is 8.31. The van der Waals surface area contributed by atoms with Gasteiger partial charge in [0.1, 0.15) is 5.75 Å². The second-order valence-electron chi connectivity index (χ2n) is 6.51. The zero-order valence-corrected chi connectivity index (χ0v) is 14.9. The normalized spacial score (nSPS) is 17.0. The smallest absolute Gasteiger partial charge is 0.124 e. The Morgan fingerprint density at radius 3 is 2.57 bits per heavy atom. The highest BCUT2D eigenvalue weighted by Gasteiger charge is 2.15. The van der Waals surface area contributed by atoms with E-state index in [0.29, 0.717) is 12.0 Å². The molecule has 0 aliphatic heterocycles. The lowest BCUT2D eigenvalue weighted by molar-refractivity contribution is 0.181. The molecule has 0 saturated heterocycles. The molecule has 0 spiro atoms. The Labute approximate surface area is 137 Å². The van der Waals surface area contributed by atoms with Crippen molar-refractivity contribution in [1.82, 2.24) is 5.32 Å². The van der Waals surface area contributed by atoms with E-state index in [1.165, 1.54) is 44.1 Å². The van der Waals surface area contributed by atoms with Gasteiger partial charge in [0.2, 0.25) is 0 Å². The zero-order chi connectivity index (χ0) is 15.1. The van der Waals surface area contributed by atoms with E-state index in [9.17, 15) is 0 Å². The largest absolute Gasteiger partial charge is 0.490 e. The molecule has 0 radical (unpaired) electrons. The lowest BCUT2D eigenvalue weighted by Gasteiger charge is -2.20. The van der Waals surface area contributed by atoms with Crippen LogP contribution in [0.15, 0.2) is 22.7 Å². The van der Waals surface area contributed by atoms with E-state index in [4.69, 9.17) is 4.74 Å². The molecule has 0 bridgehead atoms. The quantitative estimate of drug-likeness (QED) is 0.700. The summed E-state index contributed by atoms with van der Waals surface area (Å²) in [6, 6.07) is 6.37. The van der Waals surface area contributed by atoms with Crippen LogP contribution in [0.5, 0.6) is 5.75 Å². The number of nitrogens with one attached hydrogen (secondary N) is 1. The maximum Gasteiger partial charge on any atom is 0.124 e. The molecule has 118 valence electrons. The molecule has 0 aromatic heterocycles. The molecule has 2 rings (SSSR count). The van der Waals surface area contributed by atoms with Gasteiger partial charge in [-0.1, -0.05) is 42.6 Å². The number of benzene rings is 1. The summed E-state index contributed by atoms with van der Waals surface area (Å²) in [5.74, 6) is 1.73. The Kier molecular flexibility index (Phi) is 7.05. The van der Waals surface area contributed by atoms with Gasteiger partial charge in [-0.2, -0.15) is 0 Å². The Morgan fingerprint density at radius 1 is 1.19 bits per heavy atom. The van der Waals surface area contributed by atoms with E-state index >= 15 is 0 Å². The predicted molar refractivity (Wildman–Crippen MR) is 92.8 cm³/mol. The van der Waals surface area contributed by atoms with Gasteiger partial charge < -0.3 is 10.1 Å². The van der Waals surface area contributed by atoms with Gasteiger partial charge in [0, 0.05) is 16.6 Å². The lowest BCUT2D eigenvalue weighted by Crippen LogP contribution is -2.21. The van der Waals surface area contributed by atoms with Crippen LogP contribution in [0.4, 0.5) is 0 Å². The molecule has 1 saturated carbocycles. The Bertz CT molecular complexity index is 425. The molecule has 1 aliphatic rings. The summed E-state index contributed by atoms with van der Waals surface area (Å²) >= 11 is 3.57. The molecule has 0 amide bonds. The second kappa shape index (κ2) is 8.79. The Hall–Kier alpha value is -0.540. The molecule has 3 heteroatoms. The van der Waals surface area contributed by atoms with Crippen molar-refractivity contribution in [3.8, 4) is 5.75 Å². The number of hydrogen-bond acceptors (Lipinski definition) is 2. The van der Waals surface area contributed by atoms with Crippen molar-refractivity contribution >= 4 is 15.9 Å². The first kappa shape index (κ1) is 16.8. The zero-order valence-electron chi connectivity index (χ0n) is 13.3. The molecule has 1 aliphatic carbocycles. The van der Waals surface area contributed by atoms with Crippen LogP contribution in [-0.2, 0) is 6.54 Å². The minimum Gasteiger partial charge on any atom is -0.490 e. The molecule has 2 nitrogen and oxygen atoms in total. The van der Waals surface area contributed by atoms with Crippen molar-refractivity contribution in [3.05, 3.63) is 28.2 Å². The third kappa shape index (κ3) is 5.99. The maximum absolute atomic E-state index is 6.32. The third-order valence-electron chi connectivity index (χ3n) is 3.99. The fourth-order valence-electron chi connectivity index (χ4n) is 2.84. The van der Waals surface area contributed by atoms with Gasteiger partial charge in [-0.15, -0.1) is 0 Å². The van der Waals surface area contributed by atoms with Gasteiger partial charge in [0.25, 0.3) is 0 Å². The van der Waals surface area contributed by atoms with Crippen molar-refractivity contribution in [1.29, 1.82) is 0 Å². The third-order valence-corrected chi connectivity index (χ3v) is 4.48. The summed E-state index contributed by atoms with van der Waals surface area (Å²) in [5, 5.41) is 3.52. The highest BCUT2D eigenvalue weighted by molar-refractivity contribution is 9.10. The first-order valence-corrected chi connectivity index (χ1v) is 9.10. The molecule has 1 fully saturated rings. The van der Waals surface area contributed by atoms with Gasteiger partial charge in [-0.25, -0.2) is 0 Å². The molecule has 0 heterocycles. The molecule has 0 atom stereocenters. The SMILES string of the molecule is CC(C)CNCc1cc(Br)ccc1OC1CCCCCC1. The molecule has 0 unspecified atom stereocenters. The Balaban J connectivity index is 1.99. The summed E-state index contributed by atoms with van der Waals surface area (Å²) in [5.41, 5.74) is 1.26. The molecule has 21 heavy (non-hydrogen) atoms. The van der Waals surface area contributed by atoms with Gasteiger partial charge in [-0.05, 0) is 56.3 Å². The summed E-state index contributed by atoms with van der Waals surface area (Å²) in [6.07, 6.45) is 8.15. The molecule has 1 aromatic rings. The minimum absolute atomic E-state index is 0.400. The standard InChI is InChI=1S/C18H28BrNO/c1-14(2)12-20-13-15-11-16(19)9-10-18(15)21-17-7-5-3-4-6-8-17/h9-11,14,17,20H,3-8,12-13H2,1-2H3. The summed E-state index contributed by atoms with van der Waals surface area (Å²) in [6.45, 7) is 6.38. The topological polar surface area (TPSA) is 21.3 Å².